The second-order valence-corrected chi connectivity index (χ2v) is 7.73. The standard InChI is InChI=1S/C18H23N7S/c1-10-3-8-14-16(20-10)17(21-13-6-4-12(19)5-7-13)24-18(22-14)23-15-9-11(2)25-26-15/h3,8-9,12-13H,4-7,19H2,1-2H3,(H2,21,22,23,24)/t12-,13-. The van der Waals surface area contributed by atoms with Crippen LogP contribution in [-0.4, -0.2) is 31.4 Å². The first-order chi connectivity index (χ1) is 12.6. The zero-order valence-electron chi connectivity index (χ0n) is 15.0. The third-order valence-electron chi connectivity index (χ3n) is 4.66. The molecular weight excluding hydrogens is 346 g/mol. The molecule has 3 aromatic heterocycles. The molecule has 0 bridgehead atoms. The van der Waals surface area contributed by atoms with E-state index in [2.05, 4.69) is 25.0 Å². The molecule has 4 N–H and O–H groups in total. The van der Waals surface area contributed by atoms with Crippen LogP contribution in [-0.2, 0) is 0 Å². The van der Waals surface area contributed by atoms with Crippen molar-refractivity contribution in [3.8, 4) is 0 Å². The van der Waals surface area contributed by atoms with Gasteiger partial charge in [0.25, 0.3) is 0 Å². The summed E-state index contributed by atoms with van der Waals surface area (Å²) in [5, 5.41) is 7.77. The van der Waals surface area contributed by atoms with Crippen LogP contribution in [0.25, 0.3) is 11.0 Å². The van der Waals surface area contributed by atoms with Gasteiger partial charge in [-0.05, 0) is 69.3 Å². The molecule has 0 radical (unpaired) electrons. The highest BCUT2D eigenvalue weighted by Crippen LogP contribution is 2.27. The average molecular weight is 369 g/mol. The van der Waals surface area contributed by atoms with E-state index in [0.717, 1.165) is 58.9 Å². The number of nitrogens with one attached hydrogen (secondary N) is 2. The van der Waals surface area contributed by atoms with E-state index >= 15 is 0 Å². The predicted molar refractivity (Wildman–Crippen MR) is 106 cm³/mol. The SMILES string of the molecule is Cc1cc(Nc2nc(N[C@H]3CC[C@H](N)CC3)c3nc(C)ccc3n2)sn1. The van der Waals surface area contributed by atoms with Gasteiger partial charge in [0.05, 0.1) is 11.2 Å². The lowest BCUT2D eigenvalue weighted by molar-refractivity contribution is 0.410. The fourth-order valence-electron chi connectivity index (χ4n) is 3.26. The summed E-state index contributed by atoms with van der Waals surface area (Å²) in [6.45, 7) is 3.95. The van der Waals surface area contributed by atoms with E-state index in [0.29, 0.717) is 18.0 Å². The largest absolute Gasteiger partial charge is 0.365 e. The van der Waals surface area contributed by atoms with Crippen LogP contribution in [0.2, 0.25) is 0 Å². The molecule has 1 saturated carbocycles. The summed E-state index contributed by atoms with van der Waals surface area (Å²) in [6, 6.07) is 6.64. The van der Waals surface area contributed by atoms with Gasteiger partial charge in [-0.2, -0.15) is 9.36 Å². The summed E-state index contributed by atoms with van der Waals surface area (Å²) >= 11 is 1.40. The Hall–Kier alpha value is -2.32. The average Bonchev–Trinajstić information content (AvgIpc) is 3.02. The van der Waals surface area contributed by atoms with Crippen molar-refractivity contribution < 1.29 is 0 Å². The third kappa shape index (κ3) is 3.76. The number of anilines is 3. The molecule has 3 aromatic rings. The lowest BCUT2D eigenvalue weighted by atomic mass is 9.92. The summed E-state index contributed by atoms with van der Waals surface area (Å²) in [5.41, 5.74) is 9.60. The van der Waals surface area contributed by atoms with E-state index in [9.17, 15) is 0 Å². The molecule has 26 heavy (non-hydrogen) atoms. The molecule has 8 heteroatoms. The summed E-state index contributed by atoms with van der Waals surface area (Å²) < 4.78 is 4.29. The summed E-state index contributed by atoms with van der Waals surface area (Å²) in [6.07, 6.45) is 4.18. The van der Waals surface area contributed by atoms with Gasteiger partial charge >= 0.3 is 0 Å². The number of pyridine rings is 1. The maximum absolute atomic E-state index is 6.03. The fourth-order valence-corrected chi connectivity index (χ4v) is 3.91. The molecule has 0 aliphatic heterocycles. The second kappa shape index (κ2) is 7.13. The molecule has 0 amide bonds. The van der Waals surface area contributed by atoms with Crippen molar-refractivity contribution in [1.29, 1.82) is 0 Å². The van der Waals surface area contributed by atoms with Crippen LogP contribution in [0.4, 0.5) is 16.8 Å². The lowest BCUT2D eigenvalue weighted by Gasteiger charge is -2.27. The molecule has 0 saturated heterocycles. The van der Waals surface area contributed by atoms with Crippen LogP contribution in [0.15, 0.2) is 18.2 Å². The minimum atomic E-state index is 0.322. The van der Waals surface area contributed by atoms with Crippen LogP contribution in [0.3, 0.4) is 0 Å². The first-order valence-corrected chi connectivity index (χ1v) is 9.72. The summed E-state index contributed by atoms with van der Waals surface area (Å²) in [4.78, 5) is 14.0. The van der Waals surface area contributed by atoms with Crippen molar-refractivity contribution in [2.45, 2.75) is 51.6 Å². The first kappa shape index (κ1) is 17.1. The highest BCUT2D eigenvalue weighted by Gasteiger charge is 2.20. The van der Waals surface area contributed by atoms with E-state index in [4.69, 9.17) is 10.7 Å². The zero-order valence-corrected chi connectivity index (χ0v) is 15.8. The Labute approximate surface area is 156 Å². The maximum Gasteiger partial charge on any atom is 0.230 e. The maximum atomic E-state index is 6.03. The summed E-state index contributed by atoms with van der Waals surface area (Å²) in [7, 11) is 0. The Morgan fingerprint density at radius 2 is 1.85 bits per heavy atom. The first-order valence-electron chi connectivity index (χ1n) is 8.94. The van der Waals surface area contributed by atoms with Gasteiger partial charge in [-0.3, -0.25) is 0 Å². The molecule has 0 spiro atoms. The van der Waals surface area contributed by atoms with Crippen molar-refractivity contribution >= 4 is 39.3 Å². The Morgan fingerprint density at radius 1 is 1.04 bits per heavy atom. The van der Waals surface area contributed by atoms with E-state index in [-0.39, 0.29) is 0 Å². The predicted octanol–water partition coefficient (Wildman–Crippen LogP) is 3.52. The van der Waals surface area contributed by atoms with Gasteiger partial charge in [0.1, 0.15) is 10.5 Å². The highest BCUT2D eigenvalue weighted by atomic mass is 32.1. The molecule has 136 valence electrons. The van der Waals surface area contributed by atoms with Gasteiger partial charge in [-0.1, -0.05) is 0 Å². The van der Waals surface area contributed by atoms with E-state index in [1.54, 1.807) is 0 Å². The van der Waals surface area contributed by atoms with Crippen LogP contribution in [0.5, 0.6) is 0 Å². The lowest BCUT2D eigenvalue weighted by Crippen LogP contribution is -2.33. The molecular formula is C18H23N7S. The quantitative estimate of drug-likeness (QED) is 0.646. The molecule has 0 atom stereocenters. The fraction of sp³-hybridized carbons (Fsp3) is 0.444. The number of hydrogen-bond donors (Lipinski definition) is 3. The van der Waals surface area contributed by atoms with Crippen molar-refractivity contribution in [3.63, 3.8) is 0 Å². The molecule has 0 unspecified atom stereocenters. The zero-order chi connectivity index (χ0) is 18.1. The molecule has 7 nitrogen and oxygen atoms in total. The van der Waals surface area contributed by atoms with Crippen molar-refractivity contribution in [2.75, 3.05) is 10.6 Å². The van der Waals surface area contributed by atoms with Gasteiger partial charge in [0.15, 0.2) is 5.82 Å². The minimum Gasteiger partial charge on any atom is -0.365 e. The van der Waals surface area contributed by atoms with Gasteiger partial charge < -0.3 is 16.4 Å². The van der Waals surface area contributed by atoms with Gasteiger partial charge in [0, 0.05) is 17.8 Å². The van der Waals surface area contributed by atoms with Crippen LogP contribution >= 0.6 is 11.5 Å². The number of nitrogens with zero attached hydrogens (tertiary/aromatic N) is 4. The molecule has 3 heterocycles. The monoisotopic (exact) mass is 369 g/mol. The van der Waals surface area contributed by atoms with E-state index < -0.39 is 0 Å². The molecule has 0 aromatic carbocycles. The Balaban J connectivity index is 1.67. The number of aromatic nitrogens is 4. The number of fused-ring (bicyclic) bond motifs is 1. The third-order valence-corrected chi connectivity index (χ3v) is 5.45. The number of nitrogens with two attached hydrogens (primary N) is 1. The van der Waals surface area contributed by atoms with Crippen molar-refractivity contribution in [3.05, 3.63) is 29.6 Å². The second-order valence-electron chi connectivity index (χ2n) is 6.93. The Morgan fingerprint density at radius 3 is 2.58 bits per heavy atom. The molecule has 1 fully saturated rings. The Bertz CT molecular complexity index is 915. The minimum absolute atomic E-state index is 0.322. The molecule has 4 rings (SSSR count). The van der Waals surface area contributed by atoms with Crippen LogP contribution < -0.4 is 16.4 Å². The van der Waals surface area contributed by atoms with Crippen molar-refractivity contribution in [1.82, 2.24) is 19.3 Å². The smallest absolute Gasteiger partial charge is 0.230 e. The van der Waals surface area contributed by atoms with E-state index in [1.165, 1.54) is 11.5 Å². The van der Waals surface area contributed by atoms with E-state index in [1.807, 2.05) is 32.0 Å². The van der Waals surface area contributed by atoms with Crippen molar-refractivity contribution in [2.24, 2.45) is 5.73 Å². The topological polar surface area (TPSA) is 102 Å². The molecule has 1 aliphatic carbocycles. The number of rotatable bonds is 4. The van der Waals surface area contributed by atoms with Gasteiger partial charge in [0.2, 0.25) is 5.95 Å². The van der Waals surface area contributed by atoms with Gasteiger partial charge in [-0.15, -0.1) is 0 Å². The van der Waals surface area contributed by atoms with Crippen LogP contribution in [0, 0.1) is 13.8 Å². The summed E-state index contributed by atoms with van der Waals surface area (Å²) in [5.74, 6) is 1.34. The highest BCUT2D eigenvalue weighted by molar-refractivity contribution is 7.10. The van der Waals surface area contributed by atoms with Crippen LogP contribution in [0.1, 0.15) is 37.1 Å². The van der Waals surface area contributed by atoms with Gasteiger partial charge in [-0.25, -0.2) is 9.97 Å². The number of hydrogen-bond acceptors (Lipinski definition) is 8. The normalized spacial score (nSPS) is 20.3. The Kier molecular flexibility index (Phi) is 4.69. The number of aryl methyl sites for hydroxylation is 2. The molecule has 1 aliphatic rings.